The molecule has 1 heteroatoms. The van der Waals surface area contributed by atoms with Gasteiger partial charge in [-0.15, -0.1) is 0 Å². The van der Waals surface area contributed by atoms with E-state index in [9.17, 15) is 0 Å². The largest absolute Gasteiger partial charge is 0.0625 e. The van der Waals surface area contributed by atoms with E-state index < -0.39 is 0 Å². The van der Waals surface area contributed by atoms with Crippen molar-refractivity contribution < 1.29 is 0 Å². The van der Waals surface area contributed by atoms with Crippen LogP contribution in [0, 0.1) is 12.8 Å². The van der Waals surface area contributed by atoms with E-state index in [1.807, 2.05) is 0 Å². The molecule has 0 aliphatic rings. The molecule has 0 heterocycles. The summed E-state index contributed by atoms with van der Waals surface area (Å²) in [7, 11) is 0. The van der Waals surface area contributed by atoms with Gasteiger partial charge in [0.25, 0.3) is 0 Å². The highest BCUT2D eigenvalue weighted by atomic mass is 79.9. The average molecular weight is 227 g/mol. The van der Waals surface area contributed by atoms with Gasteiger partial charge in [0.2, 0.25) is 0 Å². The molecule has 0 saturated carbocycles. The van der Waals surface area contributed by atoms with Crippen molar-refractivity contribution in [3.8, 4) is 0 Å². The number of halogens is 1. The van der Waals surface area contributed by atoms with E-state index in [-0.39, 0.29) is 0 Å². The maximum Gasteiger partial charge on any atom is 0.0207 e. The third kappa shape index (κ3) is 2.34. The van der Waals surface area contributed by atoms with E-state index in [0.717, 1.165) is 5.92 Å². The van der Waals surface area contributed by atoms with E-state index in [1.54, 1.807) is 0 Å². The molecule has 0 aliphatic heterocycles. The van der Waals surface area contributed by atoms with Gasteiger partial charge >= 0.3 is 0 Å². The lowest BCUT2D eigenvalue weighted by atomic mass is 9.99. The van der Waals surface area contributed by atoms with Crippen molar-refractivity contribution in [2.45, 2.75) is 27.2 Å². The number of hydrogen-bond acceptors (Lipinski definition) is 0. The zero-order valence-electron chi connectivity index (χ0n) is 7.89. The highest BCUT2D eigenvalue weighted by Gasteiger charge is 2.02. The van der Waals surface area contributed by atoms with Gasteiger partial charge in [0, 0.05) is 4.47 Å². The smallest absolute Gasteiger partial charge is 0.0207 e. The molecule has 0 aromatic heterocycles. The lowest BCUT2D eigenvalue weighted by Gasteiger charge is -2.09. The minimum Gasteiger partial charge on any atom is -0.0625 e. The molecule has 0 aliphatic carbocycles. The molecule has 12 heavy (non-hydrogen) atoms. The number of benzene rings is 1. The topological polar surface area (TPSA) is 0 Å². The van der Waals surface area contributed by atoms with Crippen molar-refractivity contribution in [1.29, 1.82) is 0 Å². The first-order valence-corrected chi connectivity index (χ1v) is 5.14. The summed E-state index contributed by atoms with van der Waals surface area (Å²) in [6.07, 6.45) is 1.17. The fourth-order valence-electron chi connectivity index (χ4n) is 1.31. The zero-order valence-corrected chi connectivity index (χ0v) is 9.48. The van der Waals surface area contributed by atoms with Crippen molar-refractivity contribution >= 4 is 15.9 Å². The van der Waals surface area contributed by atoms with Gasteiger partial charge in [-0.05, 0) is 36.5 Å². The maximum absolute atomic E-state index is 3.54. The predicted molar refractivity (Wildman–Crippen MR) is 57.4 cm³/mol. The van der Waals surface area contributed by atoms with Gasteiger partial charge in [-0.25, -0.2) is 0 Å². The fourth-order valence-corrected chi connectivity index (χ4v) is 1.72. The van der Waals surface area contributed by atoms with Crippen molar-refractivity contribution in [1.82, 2.24) is 0 Å². The minimum absolute atomic E-state index is 0.734. The SMILES string of the molecule is Cc1c(Br)cccc1CC(C)C. The normalized spacial score (nSPS) is 10.8. The summed E-state index contributed by atoms with van der Waals surface area (Å²) in [6.45, 7) is 6.67. The average Bonchev–Trinajstić information content (AvgIpc) is 1.98. The summed E-state index contributed by atoms with van der Waals surface area (Å²) >= 11 is 3.54. The van der Waals surface area contributed by atoms with Crippen LogP contribution in [0.4, 0.5) is 0 Å². The molecular formula is C11H15Br. The Kier molecular flexibility index (Phi) is 3.33. The Morgan fingerprint density at radius 3 is 2.58 bits per heavy atom. The molecule has 0 amide bonds. The van der Waals surface area contributed by atoms with E-state index in [0.29, 0.717) is 0 Å². The molecule has 1 rings (SSSR count). The van der Waals surface area contributed by atoms with Crippen LogP contribution in [0.2, 0.25) is 0 Å². The lowest BCUT2D eigenvalue weighted by Crippen LogP contribution is -1.96. The Morgan fingerprint density at radius 1 is 1.33 bits per heavy atom. The summed E-state index contributed by atoms with van der Waals surface area (Å²) in [6, 6.07) is 6.41. The Bertz CT molecular complexity index is 264. The number of rotatable bonds is 2. The summed E-state index contributed by atoms with van der Waals surface area (Å²) in [4.78, 5) is 0. The first-order valence-electron chi connectivity index (χ1n) is 4.35. The summed E-state index contributed by atoms with van der Waals surface area (Å²) in [5.74, 6) is 0.734. The van der Waals surface area contributed by atoms with Crippen LogP contribution < -0.4 is 0 Å². The molecule has 1 aromatic rings. The van der Waals surface area contributed by atoms with Crippen molar-refractivity contribution in [2.24, 2.45) is 5.92 Å². The van der Waals surface area contributed by atoms with Crippen LogP contribution in [0.15, 0.2) is 22.7 Å². The van der Waals surface area contributed by atoms with Gasteiger partial charge < -0.3 is 0 Å². The Morgan fingerprint density at radius 2 is 2.00 bits per heavy atom. The highest BCUT2D eigenvalue weighted by molar-refractivity contribution is 9.10. The van der Waals surface area contributed by atoms with Gasteiger partial charge in [0.1, 0.15) is 0 Å². The maximum atomic E-state index is 3.54. The third-order valence-electron chi connectivity index (χ3n) is 2.01. The fraction of sp³-hybridized carbons (Fsp3) is 0.455. The van der Waals surface area contributed by atoms with Gasteiger partial charge in [0.05, 0.1) is 0 Å². The Labute approximate surface area is 83.1 Å². The molecule has 0 spiro atoms. The number of hydrogen-bond donors (Lipinski definition) is 0. The first kappa shape index (κ1) is 9.79. The van der Waals surface area contributed by atoms with Crippen LogP contribution in [0.3, 0.4) is 0 Å². The zero-order chi connectivity index (χ0) is 9.14. The van der Waals surface area contributed by atoms with Crippen LogP contribution in [0.5, 0.6) is 0 Å². The van der Waals surface area contributed by atoms with Gasteiger partial charge in [-0.2, -0.15) is 0 Å². The molecule has 66 valence electrons. The second-order valence-corrected chi connectivity index (χ2v) is 4.48. The van der Waals surface area contributed by atoms with E-state index in [4.69, 9.17) is 0 Å². The van der Waals surface area contributed by atoms with E-state index >= 15 is 0 Å². The van der Waals surface area contributed by atoms with Crippen LogP contribution in [-0.4, -0.2) is 0 Å². The van der Waals surface area contributed by atoms with Crippen LogP contribution in [0.1, 0.15) is 25.0 Å². The summed E-state index contributed by atoms with van der Waals surface area (Å²) in [5.41, 5.74) is 2.84. The third-order valence-corrected chi connectivity index (χ3v) is 2.87. The van der Waals surface area contributed by atoms with Gasteiger partial charge in [-0.1, -0.05) is 41.9 Å². The lowest BCUT2D eigenvalue weighted by molar-refractivity contribution is 0.644. The molecule has 0 radical (unpaired) electrons. The molecule has 0 atom stereocenters. The molecule has 0 bridgehead atoms. The molecule has 0 fully saturated rings. The molecule has 0 unspecified atom stereocenters. The highest BCUT2D eigenvalue weighted by Crippen LogP contribution is 2.21. The van der Waals surface area contributed by atoms with Crippen molar-refractivity contribution in [3.05, 3.63) is 33.8 Å². The van der Waals surface area contributed by atoms with Crippen LogP contribution >= 0.6 is 15.9 Å². The van der Waals surface area contributed by atoms with Gasteiger partial charge in [0.15, 0.2) is 0 Å². The molecular weight excluding hydrogens is 212 g/mol. The second-order valence-electron chi connectivity index (χ2n) is 3.62. The quantitative estimate of drug-likeness (QED) is 0.717. The Hall–Kier alpha value is -0.300. The first-order chi connectivity index (χ1) is 5.61. The molecule has 0 N–H and O–H groups in total. The van der Waals surface area contributed by atoms with Crippen molar-refractivity contribution in [2.75, 3.05) is 0 Å². The van der Waals surface area contributed by atoms with Gasteiger partial charge in [-0.3, -0.25) is 0 Å². The minimum atomic E-state index is 0.734. The van der Waals surface area contributed by atoms with Crippen LogP contribution in [-0.2, 0) is 6.42 Å². The molecule has 1 aromatic carbocycles. The van der Waals surface area contributed by atoms with E-state index in [2.05, 4.69) is 54.9 Å². The summed E-state index contributed by atoms with van der Waals surface area (Å²) in [5, 5.41) is 0. The summed E-state index contributed by atoms with van der Waals surface area (Å²) < 4.78 is 1.22. The molecule has 0 saturated heterocycles. The standard InChI is InChI=1S/C11H15Br/c1-8(2)7-10-5-4-6-11(12)9(10)3/h4-6,8H,7H2,1-3H3. The second kappa shape index (κ2) is 4.08. The van der Waals surface area contributed by atoms with Crippen molar-refractivity contribution in [3.63, 3.8) is 0 Å². The van der Waals surface area contributed by atoms with E-state index in [1.165, 1.54) is 22.0 Å². The monoisotopic (exact) mass is 226 g/mol. The Balaban J connectivity index is 2.92. The molecule has 0 nitrogen and oxygen atoms in total. The van der Waals surface area contributed by atoms with Crippen LogP contribution in [0.25, 0.3) is 0 Å². The predicted octanol–water partition coefficient (Wildman–Crippen LogP) is 3.96.